The number of nitro groups is 1. The van der Waals surface area contributed by atoms with Crippen LogP contribution in [0.4, 0.5) is 15.8 Å². The van der Waals surface area contributed by atoms with Crippen molar-refractivity contribution in [1.82, 2.24) is 4.98 Å². The zero-order chi connectivity index (χ0) is 17.8. The van der Waals surface area contributed by atoms with Gasteiger partial charge in [0, 0.05) is 23.4 Å². The van der Waals surface area contributed by atoms with Gasteiger partial charge in [0.1, 0.15) is 12.1 Å². The predicted octanol–water partition coefficient (Wildman–Crippen LogP) is 3.57. The van der Waals surface area contributed by atoms with Crippen LogP contribution in [0.2, 0.25) is 0 Å². The second kappa shape index (κ2) is 6.91. The fourth-order valence-electron chi connectivity index (χ4n) is 2.15. The number of amides is 1. The minimum absolute atomic E-state index is 0.0261. The first-order valence-corrected chi connectivity index (χ1v) is 7.26. The van der Waals surface area contributed by atoms with Crippen molar-refractivity contribution in [3.63, 3.8) is 0 Å². The van der Waals surface area contributed by atoms with Gasteiger partial charge in [0.25, 0.3) is 5.69 Å². The number of carbonyl (C=O) groups excluding carboxylic acids is 1. The number of nitrogens with zero attached hydrogens (tertiary/aromatic N) is 2. The number of aromatic nitrogens is 1. The minimum atomic E-state index is -0.516. The Balaban J connectivity index is 1.63. The van der Waals surface area contributed by atoms with Crippen LogP contribution >= 0.6 is 0 Å². The molecule has 3 aromatic rings. The largest absolute Gasteiger partial charge is 0.444 e. The van der Waals surface area contributed by atoms with Crippen molar-refractivity contribution in [2.75, 3.05) is 5.32 Å². The van der Waals surface area contributed by atoms with Crippen LogP contribution in [0.1, 0.15) is 5.69 Å². The van der Waals surface area contributed by atoms with Crippen molar-refractivity contribution < 1.29 is 18.5 Å². The van der Waals surface area contributed by atoms with Crippen molar-refractivity contribution in [2.24, 2.45) is 0 Å². The van der Waals surface area contributed by atoms with E-state index in [4.69, 9.17) is 4.42 Å². The molecular formula is C17H12FN3O4. The van der Waals surface area contributed by atoms with Gasteiger partial charge in [-0.1, -0.05) is 0 Å². The van der Waals surface area contributed by atoms with E-state index < -0.39 is 4.92 Å². The van der Waals surface area contributed by atoms with Crippen LogP contribution in [-0.4, -0.2) is 15.8 Å². The Bertz CT molecular complexity index is 904. The molecule has 1 aromatic heterocycles. The summed E-state index contributed by atoms with van der Waals surface area (Å²) in [6.07, 6.45) is 1.33. The van der Waals surface area contributed by atoms with Gasteiger partial charge in [-0.25, -0.2) is 9.37 Å². The Morgan fingerprint density at radius 2 is 1.84 bits per heavy atom. The third kappa shape index (κ3) is 4.05. The lowest BCUT2D eigenvalue weighted by atomic mass is 10.2. The standard InChI is InChI=1S/C17H12FN3O4/c18-12-3-1-11(2-4-12)17-20-14(10-25-17)9-16(22)19-13-5-7-15(8-6-13)21(23)24/h1-8,10H,9H2,(H,19,22). The predicted molar refractivity (Wildman–Crippen MR) is 87.3 cm³/mol. The highest BCUT2D eigenvalue weighted by Crippen LogP contribution is 2.20. The van der Waals surface area contributed by atoms with Gasteiger partial charge in [0.15, 0.2) is 0 Å². The molecule has 0 aliphatic carbocycles. The van der Waals surface area contributed by atoms with Crippen LogP contribution in [0.25, 0.3) is 11.5 Å². The number of anilines is 1. The van der Waals surface area contributed by atoms with E-state index in [1.54, 1.807) is 0 Å². The van der Waals surface area contributed by atoms with Crippen molar-refractivity contribution >= 4 is 17.3 Å². The Kier molecular flexibility index (Phi) is 4.51. The third-order valence-corrected chi connectivity index (χ3v) is 3.35. The van der Waals surface area contributed by atoms with Crippen molar-refractivity contribution in [1.29, 1.82) is 0 Å². The number of benzene rings is 2. The number of rotatable bonds is 5. The Morgan fingerprint density at radius 1 is 1.16 bits per heavy atom. The molecule has 0 radical (unpaired) electrons. The molecule has 3 rings (SSSR count). The Morgan fingerprint density at radius 3 is 2.48 bits per heavy atom. The second-order valence-corrected chi connectivity index (χ2v) is 5.18. The van der Waals surface area contributed by atoms with Crippen LogP contribution < -0.4 is 5.32 Å². The Labute approximate surface area is 141 Å². The van der Waals surface area contributed by atoms with Crippen LogP contribution in [0.5, 0.6) is 0 Å². The van der Waals surface area contributed by atoms with E-state index in [0.29, 0.717) is 16.9 Å². The number of oxazole rings is 1. The highest BCUT2D eigenvalue weighted by molar-refractivity contribution is 5.92. The van der Waals surface area contributed by atoms with E-state index in [9.17, 15) is 19.3 Å². The third-order valence-electron chi connectivity index (χ3n) is 3.35. The Hall–Kier alpha value is -3.55. The van der Waals surface area contributed by atoms with Gasteiger partial charge in [-0.3, -0.25) is 14.9 Å². The molecule has 0 unspecified atom stereocenters. The number of nitro benzene ring substituents is 1. The molecule has 0 spiro atoms. The van der Waals surface area contributed by atoms with Gasteiger partial charge in [0.05, 0.1) is 17.0 Å². The SMILES string of the molecule is O=C(Cc1coc(-c2ccc(F)cc2)n1)Nc1ccc([N+](=O)[O-])cc1. The minimum Gasteiger partial charge on any atom is -0.444 e. The summed E-state index contributed by atoms with van der Waals surface area (Å²) < 4.78 is 18.2. The number of hydrogen-bond acceptors (Lipinski definition) is 5. The molecule has 0 bridgehead atoms. The molecule has 7 nitrogen and oxygen atoms in total. The summed E-state index contributed by atoms with van der Waals surface area (Å²) in [6.45, 7) is 0. The van der Waals surface area contributed by atoms with E-state index in [0.717, 1.165) is 0 Å². The summed E-state index contributed by atoms with van der Waals surface area (Å²) in [6, 6.07) is 11.1. The van der Waals surface area contributed by atoms with Gasteiger partial charge < -0.3 is 9.73 Å². The topological polar surface area (TPSA) is 98.3 Å². The molecule has 0 fully saturated rings. The lowest BCUT2D eigenvalue weighted by Gasteiger charge is -2.03. The van der Waals surface area contributed by atoms with Gasteiger partial charge in [-0.2, -0.15) is 0 Å². The molecule has 0 saturated heterocycles. The molecule has 0 atom stereocenters. The molecule has 1 heterocycles. The maximum atomic E-state index is 12.9. The van der Waals surface area contributed by atoms with Crippen molar-refractivity contribution in [2.45, 2.75) is 6.42 Å². The zero-order valence-corrected chi connectivity index (χ0v) is 12.8. The fraction of sp³-hybridized carbons (Fsp3) is 0.0588. The normalized spacial score (nSPS) is 10.4. The van der Waals surface area contributed by atoms with Gasteiger partial charge in [-0.15, -0.1) is 0 Å². The molecule has 0 aliphatic rings. The van der Waals surface area contributed by atoms with Crippen molar-refractivity contribution in [3.05, 3.63) is 76.4 Å². The van der Waals surface area contributed by atoms with Crippen LogP contribution in [0.15, 0.2) is 59.2 Å². The van der Waals surface area contributed by atoms with Crippen LogP contribution in [0.3, 0.4) is 0 Å². The number of non-ortho nitro benzene ring substituents is 1. The first kappa shape index (κ1) is 16.3. The highest BCUT2D eigenvalue weighted by atomic mass is 19.1. The van der Waals surface area contributed by atoms with E-state index in [1.807, 2.05) is 0 Å². The molecule has 8 heteroatoms. The fourth-order valence-corrected chi connectivity index (χ4v) is 2.15. The average Bonchev–Trinajstić information content (AvgIpc) is 3.04. The maximum absolute atomic E-state index is 12.9. The molecular weight excluding hydrogens is 329 g/mol. The summed E-state index contributed by atoms with van der Waals surface area (Å²) in [5, 5.41) is 13.2. The highest BCUT2D eigenvalue weighted by Gasteiger charge is 2.12. The molecule has 0 aliphatic heterocycles. The number of hydrogen-bond donors (Lipinski definition) is 1. The molecule has 1 amide bonds. The average molecular weight is 341 g/mol. The monoisotopic (exact) mass is 341 g/mol. The summed E-state index contributed by atoms with van der Waals surface area (Å²) in [7, 11) is 0. The number of halogens is 1. The first-order chi connectivity index (χ1) is 12.0. The molecule has 1 N–H and O–H groups in total. The van der Waals surface area contributed by atoms with Gasteiger partial charge in [-0.05, 0) is 36.4 Å². The molecule has 25 heavy (non-hydrogen) atoms. The van der Waals surface area contributed by atoms with Crippen LogP contribution in [0, 0.1) is 15.9 Å². The molecule has 126 valence electrons. The quantitative estimate of drug-likeness (QED) is 0.565. The molecule has 2 aromatic carbocycles. The number of carbonyl (C=O) groups is 1. The molecule has 0 saturated carbocycles. The van der Waals surface area contributed by atoms with E-state index in [-0.39, 0.29) is 29.7 Å². The van der Waals surface area contributed by atoms with Gasteiger partial charge >= 0.3 is 0 Å². The first-order valence-electron chi connectivity index (χ1n) is 7.26. The summed E-state index contributed by atoms with van der Waals surface area (Å²) in [5.74, 6) is -0.413. The summed E-state index contributed by atoms with van der Waals surface area (Å²) in [4.78, 5) is 26.3. The lowest BCUT2D eigenvalue weighted by molar-refractivity contribution is -0.384. The number of nitrogens with one attached hydrogen (secondary N) is 1. The summed E-state index contributed by atoms with van der Waals surface area (Å²) >= 11 is 0. The van der Waals surface area contributed by atoms with E-state index in [1.165, 1.54) is 54.8 Å². The van der Waals surface area contributed by atoms with Crippen LogP contribution in [-0.2, 0) is 11.2 Å². The second-order valence-electron chi connectivity index (χ2n) is 5.18. The summed E-state index contributed by atoms with van der Waals surface area (Å²) in [5.41, 5.74) is 1.40. The van der Waals surface area contributed by atoms with Gasteiger partial charge in [0.2, 0.25) is 11.8 Å². The smallest absolute Gasteiger partial charge is 0.269 e. The maximum Gasteiger partial charge on any atom is 0.269 e. The van der Waals surface area contributed by atoms with E-state index >= 15 is 0 Å². The lowest BCUT2D eigenvalue weighted by Crippen LogP contribution is -2.14. The van der Waals surface area contributed by atoms with Crippen molar-refractivity contribution in [3.8, 4) is 11.5 Å². The zero-order valence-electron chi connectivity index (χ0n) is 12.8. The van der Waals surface area contributed by atoms with E-state index in [2.05, 4.69) is 10.3 Å².